The maximum absolute atomic E-state index is 12.6. The van der Waals surface area contributed by atoms with Crippen LogP contribution in [0.1, 0.15) is 45.8 Å². The van der Waals surface area contributed by atoms with Gasteiger partial charge in [-0.15, -0.1) is 11.3 Å². The first-order valence-electron chi connectivity index (χ1n) is 8.33. The number of rotatable bonds is 2. The van der Waals surface area contributed by atoms with E-state index in [1.165, 1.54) is 36.1 Å². The molecule has 0 bridgehead atoms. The molecule has 2 heterocycles. The van der Waals surface area contributed by atoms with Gasteiger partial charge in [-0.3, -0.25) is 4.79 Å². The maximum Gasteiger partial charge on any atom is 0.265 e. The topological polar surface area (TPSA) is 73.6 Å². The van der Waals surface area contributed by atoms with E-state index in [-0.39, 0.29) is 12.7 Å². The minimum absolute atomic E-state index is 0.114. The zero-order valence-corrected chi connectivity index (χ0v) is 14.2. The predicted molar refractivity (Wildman–Crippen MR) is 95.1 cm³/mol. The molecule has 1 aliphatic heterocycles. The number of nitrogens with one attached hydrogen (secondary N) is 1. The van der Waals surface area contributed by atoms with E-state index in [0.717, 1.165) is 17.7 Å². The number of aryl methyl sites for hydroxylation is 2. The van der Waals surface area contributed by atoms with Crippen molar-refractivity contribution in [1.29, 1.82) is 0 Å². The number of thiophene rings is 1. The van der Waals surface area contributed by atoms with Gasteiger partial charge < -0.3 is 20.5 Å². The summed E-state index contributed by atoms with van der Waals surface area (Å²) in [4.78, 5) is 14.7. The number of nitrogens with two attached hydrogens (primary N) is 1. The van der Waals surface area contributed by atoms with Crippen molar-refractivity contribution in [2.75, 3.05) is 17.8 Å². The number of nitrogen functional groups attached to an aromatic ring is 1. The summed E-state index contributed by atoms with van der Waals surface area (Å²) in [6.07, 6.45) is 7.14. The van der Waals surface area contributed by atoms with Gasteiger partial charge in [0.25, 0.3) is 5.91 Å². The van der Waals surface area contributed by atoms with Crippen LogP contribution in [0, 0.1) is 0 Å². The summed E-state index contributed by atoms with van der Waals surface area (Å²) in [6.45, 7) is 0.184. The van der Waals surface area contributed by atoms with Gasteiger partial charge in [-0.2, -0.15) is 0 Å². The fourth-order valence-corrected chi connectivity index (χ4v) is 4.35. The molecule has 0 atom stereocenters. The van der Waals surface area contributed by atoms with Gasteiger partial charge in [-0.1, -0.05) is 12.8 Å². The van der Waals surface area contributed by atoms with Crippen LogP contribution in [0.4, 0.5) is 11.4 Å². The van der Waals surface area contributed by atoms with Crippen molar-refractivity contribution in [2.45, 2.75) is 38.5 Å². The molecule has 0 spiro atoms. The van der Waals surface area contributed by atoms with Crippen LogP contribution in [0.3, 0.4) is 0 Å². The summed E-state index contributed by atoms with van der Waals surface area (Å²) in [5, 5.41) is 2.91. The SMILES string of the molecule is Nc1cc2c(cc1NC(=O)c1cc3c(s1)CCCCCC3)OCO2. The van der Waals surface area contributed by atoms with Crippen LogP contribution in [0.15, 0.2) is 18.2 Å². The molecule has 0 saturated carbocycles. The van der Waals surface area contributed by atoms with Crippen LogP contribution in [-0.2, 0) is 12.8 Å². The Hall–Kier alpha value is -2.21. The van der Waals surface area contributed by atoms with Crippen LogP contribution >= 0.6 is 11.3 Å². The summed E-state index contributed by atoms with van der Waals surface area (Å²) in [6, 6.07) is 5.45. The van der Waals surface area contributed by atoms with Gasteiger partial charge in [-0.05, 0) is 37.3 Å². The Bertz CT molecular complexity index is 759. The molecule has 0 fully saturated rings. The highest BCUT2D eigenvalue weighted by atomic mass is 32.1. The molecule has 1 aliphatic carbocycles. The quantitative estimate of drug-likeness (QED) is 0.809. The van der Waals surface area contributed by atoms with Gasteiger partial charge in [-0.25, -0.2) is 0 Å². The third-order valence-electron chi connectivity index (χ3n) is 4.51. The van der Waals surface area contributed by atoms with Crippen molar-refractivity contribution in [1.82, 2.24) is 0 Å². The molecule has 5 nitrogen and oxygen atoms in total. The highest BCUT2D eigenvalue weighted by molar-refractivity contribution is 7.14. The van der Waals surface area contributed by atoms with E-state index in [9.17, 15) is 4.79 Å². The molecule has 6 heteroatoms. The summed E-state index contributed by atoms with van der Waals surface area (Å²) >= 11 is 1.61. The number of hydrogen-bond donors (Lipinski definition) is 2. The van der Waals surface area contributed by atoms with Crippen molar-refractivity contribution in [3.05, 3.63) is 33.5 Å². The van der Waals surface area contributed by atoms with Gasteiger partial charge in [0.15, 0.2) is 11.5 Å². The average molecular weight is 344 g/mol. The Kier molecular flexibility index (Phi) is 4.06. The van der Waals surface area contributed by atoms with Gasteiger partial charge in [0.2, 0.25) is 6.79 Å². The second-order valence-electron chi connectivity index (χ2n) is 6.22. The highest BCUT2D eigenvalue weighted by Crippen LogP contribution is 2.38. The van der Waals surface area contributed by atoms with Crippen LogP contribution in [0.5, 0.6) is 11.5 Å². The van der Waals surface area contributed by atoms with E-state index in [1.807, 2.05) is 6.07 Å². The Labute approximate surface area is 144 Å². The lowest BCUT2D eigenvalue weighted by Gasteiger charge is -2.08. The monoisotopic (exact) mass is 344 g/mol. The number of ether oxygens (including phenoxy) is 2. The fraction of sp³-hybridized carbons (Fsp3) is 0.389. The molecular formula is C18H20N2O3S. The van der Waals surface area contributed by atoms with Crippen LogP contribution < -0.4 is 20.5 Å². The third kappa shape index (κ3) is 2.94. The zero-order valence-electron chi connectivity index (χ0n) is 13.4. The Morgan fingerprint density at radius 3 is 2.62 bits per heavy atom. The molecule has 2 aliphatic rings. The lowest BCUT2D eigenvalue weighted by Crippen LogP contribution is -2.11. The molecule has 1 aromatic carbocycles. The van der Waals surface area contributed by atoms with Gasteiger partial charge >= 0.3 is 0 Å². The highest BCUT2D eigenvalue weighted by Gasteiger charge is 2.20. The fourth-order valence-electron chi connectivity index (χ4n) is 3.21. The van der Waals surface area contributed by atoms with Gasteiger partial charge in [0, 0.05) is 17.0 Å². The normalized spacial score (nSPS) is 16.2. The van der Waals surface area contributed by atoms with E-state index >= 15 is 0 Å². The van der Waals surface area contributed by atoms with E-state index in [1.54, 1.807) is 23.5 Å². The second-order valence-corrected chi connectivity index (χ2v) is 7.36. The average Bonchev–Trinajstić information content (AvgIpc) is 3.14. The van der Waals surface area contributed by atoms with E-state index < -0.39 is 0 Å². The van der Waals surface area contributed by atoms with E-state index in [4.69, 9.17) is 15.2 Å². The lowest BCUT2D eigenvalue weighted by molar-refractivity contribution is 0.103. The van der Waals surface area contributed by atoms with Crippen molar-refractivity contribution >= 4 is 28.6 Å². The van der Waals surface area contributed by atoms with Gasteiger partial charge in [0.05, 0.1) is 16.3 Å². The Balaban J connectivity index is 1.55. The summed E-state index contributed by atoms with van der Waals surface area (Å²) < 4.78 is 10.6. The smallest absolute Gasteiger partial charge is 0.265 e. The molecule has 0 saturated heterocycles. The minimum Gasteiger partial charge on any atom is -0.454 e. The number of carbonyl (C=O) groups excluding carboxylic acids is 1. The molecule has 24 heavy (non-hydrogen) atoms. The molecular weight excluding hydrogens is 324 g/mol. The molecule has 3 N–H and O–H groups in total. The first-order chi connectivity index (χ1) is 11.7. The van der Waals surface area contributed by atoms with Crippen molar-refractivity contribution < 1.29 is 14.3 Å². The van der Waals surface area contributed by atoms with Crippen molar-refractivity contribution in [3.63, 3.8) is 0 Å². The molecule has 2 aromatic rings. The standard InChI is InChI=1S/C18H20N2O3S/c19-12-8-14-15(23-10-22-14)9-13(12)20-18(21)17-7-11-5-3-1-2-4-6-16(11)24-17/h7-9H,1-6,10,19H2,(H,20,21). The van der Waals surface area contributed by atoms with Crippen LogP contribution in [-0.4, -0.2) is 12.7 Å². The number of fused-ring (bicyclic) bond motifs is 2. The largest absolute Gasteiger partial charge is 0.454 e. The molecule has 1 aromatic heterocycles. The van der Waals surface area contributed by atoms with Crippen LogP contribution in [0.25, 0.3) is 0 Å². The lowest BCUT2D eigenvalue weighted by atomic mass is 10.00. The molecule has 126 valence electrons. The minimum atomic E-state index is -0.114. The van der Waals surface area contributed by atoms with E-state index in [0.29, 0.717) is 22.9 Å². The van der Waals surface area contributed by atoms with E-state index in [2.05, 4.69) is 5.32 Å². The Morgan fingerprint density at radius 1 is 1.04 bits per heavy atom. The molecule has 4 rings (SSSR count). The van der Waals surface area contributed by atoms with Gasteiger partial charge in [0.1, 0.15) is 0 Å². The third-order valence-corrected chi connectivity index (χ3v) is 5.75. The van der Waals surface area contributed by atoms with Crippen molar-refractivity contribution in [3.8, 4) is 11.5 Å². The first-order valence-corrected chi connectivity index (χ1v) is 9.14. The maximum atomic E-state index is 12.6. The predicted octanol–water partition coefficient (Wildman–Crippen LogP) is 3.97. The number of benzene rings is 1. The number of hydrogen-bond acceptors (Lipinski definition) is 5. The van der Waals surface area contributed by atoms with Crippen LogP contribution in [0.2, 0.25) is 0 Å². The number of carbonyl (C=O) groups is 1. The molecule has 0 unspecified atom stereocenters. The summed E-state index contributed by atoms with van der Waals surface area (Å²) in [5.41, 5.74) is 8.38. The summed E-state index contributed by atoms with van der Waals surface area (Å²) in [7, 11) is 0. The second kappa shape index (κ2) is 6.36. The first kappa shape index (κ1) is 15.3. The summed E-state index contributed by atoms with van der Waals surface area (Å²) in [5.74, 6) is 1.11. The molecule has 1 amide bonds. The Morgan fingerprint density at radius 2 is 1.79 bits per heavy atom. The molecule has 0 radical (unpaired) electrons. The van der Waals surface area contributed by atoms with Crippen molar-refractivity contribution in [2.24, 2.45) is 0 Å². The number of anilines is 2. The number of amides is 1. The zero-order chi connectivity index (χ0) is 16.5.